The van der Waals surface area contributed by atoms with Gasteiger partial charge in [0.05, 0.1) is 11.4 Å². The van der Waals surface area contributed by atoms with E-state index in [0.717, 1.165) is 0 Å². The van der Waals surface area contributed by atoms with E-state index >= 15 is 0 Å². The second-order valence-corrected chi connectivity index (χ2v) is 2.49. The first kappa shape index (κ1) is 52.3. The predicted molar refractivity (Wildman–Crippen MR) is 61.6 cm³/mol. The molecule has 0 radical (unpaired) electrons. The molecule has 0 aliphatic rings. The molecule has 15 nitrogen and oxygen atoms in total. The number of hydrogen-bond donors (Lipinski definition) is 6. The highest BCUT2D eigenvalue weighted by Gasteiger charge is 1.49. The monoisotopic (exact) mass is 347 g/mol. The summed E-state index contributed by atoms with van der Waals surface area (Å²) < 4.78 is 83.5. The highest BCUT2D eigenvalue weighted by atomic mass is 32.3. The van der Waals surface area contributed by atoms with E-state index in [1.165, 1.54) is 0 Å². The first-order valence-corrected chi connectivity index (χ1v) is 5.05. The molecule has 0 aromatic heterocycles. The molecule has 0 rings (SSSR count). The first-order chi connectivity index (χ1) is 5.46. The van der Waals surface area contributed by atoms with Gasteiger partial charge in [-0.15, -0.1) is 11.4 Å². The largest absolute Gasteiger partial charge is 0.784 e. The molecule has 0 spiro atoms. The quantitative estimate of drug-likeness (QED) is 0.174. The van der Waals surface area contributed by atoms with Gasteiger partial charge >= 0.3 is 0 Å². The standard InChI is InChI=1S/5H3N.H2O4S.2H2O3S/c;;;;;1-5(2,3)4;2*1-4(2)3/h5*1H3;(H2,1,2,3,4);2*(H2,1,2,3). The van der Waals surface area contributed by atoms with E-state index < -0.39 is 33.1 Å². The Bertz CT molecular complexity index is 220. The molecule has 0 aliphatic heterocycles. The minimum Gasteiger partial charge on any atom is -0.784 e. The average Bonchev–Trinajstić information content (AvgIpc) is 1.50. The van der Waals surface area contributed by atoms with Crippen molar-refractivity contribution < 1.29 is 44.2 Å². The maximum absolute atomic E-state index is 8.56. The molecule has 0 aliphatic carbocycles. The molecule has 124 valence electrons. The maximum atomic E-state index is 8.56. The third-order valence-corrected chi connectivity index (χ3v) is 0. The van der Waals surface area contributed by atoms with Crippen LogP contribution in [-0.2, 0) is 33.1 Å². The topological polar surface area (TPSA) is 386 Å². The molecule has 0 fully saturated rings. The van der Waals surface area contributed by atoms with Crippen molar-refractivity contribution >= 4 is 33.1 Å². The normalized spacial score (nSPS) is 8.61. The number of hydrogen-bond acceptors (Lipinski definition) is 9. The molecular weight excluding hydrogens is 326 g/mol. The third-order valence-electron chi connectivity index (χ3n) is 0. The SMILES string of the molecule is O=S(=O)([O-])[O-].O=S([O-])O.O=S([O-])[O-].[NH4+].[NH4+].[NH4+].[NH4+].[NH4+]. The zero-order valence-electron chi connectivity index (χ0n) is 10.3. The van der Waals surface area contributed by atoms with Gasteiger partial charge in [0.2, 0.25) is 0 Å². The molecule has 18 heavy (non-hydrogen) atoms. The molecule has 1 unspecified atom stereocenters. The van der Waals surface area contributed by atoms with Gasteiger partial charge in [0.15, 0.2) is 0 Å². The summed E-state index contributed by atoms with van der Waals surface area (Å²) >= 11 is -5.97. The van der Waals surface area contributed by atoms with Crippen molar-refractivity contribution in [1.82, 2.24) is 30.8 Å². The Kier molecular flexibility index (Phi) is 87.5. The summed E-state index contributed by atoms with van der Waals surface area (Å²) in [5.74, 6) is 0. The van der Waals surface area contributed by atoms with Gasteiger partial charge in [0.25, 0.3) is 0 Å². The Labute approximate surface area is 108 Å². The zero-order valence-corrected chi connectivity index (χ0v) is 12.8. The van der Waals surface area contributed by atoms with Gasteiger partial charge in [-0.1, -0.05) is 0 Å². The van der Waals surface area contributed by atoms with E-state index in [1.807, 2.05) is 0 Å². The fourth-order valence-electron chi connectivity index (χ4n) is 0. The molecule has 0 aromatic carbocycles. The lowest BCUT2D eigenvalue weighted by atomic mass is 14.0. The van der Waals surface area contributed by atoms with E-state index in [9.17, 15) is 0 Å². The van der Waals surface area contributed by atoms with Crippen LogP contribution in [0.4, 0.5) is 0 Å². The van der Waals surface area contributed by atoms with Gasteiger partial charge in [-0.05, 0) is 0 Å². The zero-order chi connectivity index (χ0) is 11.7. The van der Waals surface area contributed by atoms with Gasteiger partial charge in [0, 0.05) is 10.4 Å². The van der Waals surface area contributed by atoms with Crippen LogP contribution in [0.1, 0.15) is 0 Å². The predicted octanol–water partition coefficient (Wildman–Crippen LogP) is -1.12. The van der Waals surface area contributed by atoms with Crippen molar-refractivity contribution in [2.24, 2.45) is 0 Å². The van der Waals surface area contributed by atoms with E-state index in [4.69, 9.17) is 44.2 Å². The van der Waals surface area contributed by atoms with Gasteiger partial charge < -0.3 is 58.1 Å². The second kappa shape index (κ2) is 30.1. The second-order valence-electron chi connectivity index (χ2n) is 0.829. The summed E-state index contributed by atoms with van der Waals surface area (Å²) in [5.41, 5.74) is 0. The lowest BCUT2D eigenvalue weighted by molar-refractivity contribution is 0.352. The van der Waals surface area contributed by atoms with Gasteiger partial charge in [-0.2, -0.15) is 0 Å². The summed E-state index contributed by atoms with van der Waals surface area (Å²) in [5, 5.41) is 0. The summed E-state index contributed by atoms with van der Waals surface area (Å²) in [6.07, 6.45) is 0. The Morgan fingerprint density at radius 2 is 0.778 bits per heavy atom. The summed E-state index contributed by atoms with van der Waals surface area (Å²) in [6, 6.07) is 0. The Balaban J connectivity index is -0.0000000123. The summed E-state index contributed by atoms with van der Waals surface area (Å²) in [7, 11) is -5.17. The molecule has 18 heteroatoms. The van der Waals surface area contributed by atoms with E-state index in [2.05, 4.69) is 0 Å². The van der Waals surface area contributed by atoms with Crippen LogP contribution >= 0.6 is 0 Å². The van der Waals surface area contributed by atoms with Crippen molar-refractivity contribution in [3.05, 3.63) is 0 Å². The molecule has 0 saturated heterocycles. The molecular formula is H21N5O10S3. The Hall–Kier alpha value is -0.190. The molecule has 0 aromatic rings. The fraction of sp³-hybridized carbons (Fsp3) is 0. The van der Waals surface area contributed by atoms with Crippen molar-refractivity contribution in [2.75, 3.05) is 0 Å². The van der Waals surface area contributed by atoms with E-state index in [-0.39, 0.29) is 30.8 Å². The minimum absolute atomic E-state index is 0. The summed E-state index contributed by atoms with van der Waals surface area (Å²) in [4.78, 5) is 0. The number of quaternary nitrogens is 5. The van der Waals surface area contributed by atoms with Crippen LogP contribution in [-0.4, -0.2) is 44.2 Å². The molecule has 0 bridgehead atoms. The van der Waals surface area contributed by atoms with Crippen molar-refractivity contribution in [3.63, 3.8) is 0 Å². The molecule has 1 atom stereocenters. The van der Waals surface area contributed by atoms with Crippen LogP contribution in [0.3, 0.4) is 0 Å². The molecule has 0 heterocycles. The van der Waals surface area contributed by atoms with Crippen LogP contribution in [0, 0.1) is 0 Å². The van der Waals surface area contributed by atoms with Crippen LogP contribution in [0.25, 0.3) is 0 Å². The van der Waals surface area contributed by atoms with E-state index in [0.29, 0.717) is 0 Å². The van der Waals surface area contributed by atoms with Crippen LogP contribution in [0.15, 0.2) is 0 Å². The minimum atomic E-state index is -5.17. The summed E-state index contributed by atoms with van der Waals surface area (Å²) in [6.45, 7) is 0. The third kappa shape index (κ3) is 96100. The lowest BCUT2D eigenvalue weighted by Gasteiger charge is -2.06. The van der Waals surface area contributed by atoms with Gasteiger partial charge in [-0.3, -0.25) is 12.6 Å². The molecule has 21 N–H and O–H groups in total. The van der Waals surface area contributed by atoms with Crippen LogP contribution < -0.4 is 30.8 Å². The van der Waals surface area contributed by atoms with Crippen molar-refractivity contribution in [2.45, 2.75) is 0 Å². The molecule has 0 saturated carbocycles. The lowest BCUT2D eigenvalue weighted by Crippen LogP contribution is -1.91. The highest BCUT2D eigenvalue weighted by Crippen LogP contribution is 1.57. The maximum Gasteiger partial charge on any atom is 0.0814 e. The fourth-order valence-corrected chi connectivity index (χ4v) is 0. The van der Waals surface area contributed by atoms with Gasteiger partial charge in [-0.25, -0.2) is 4.21 Å². The Morgan fingerprint density at radius 1 is 0.778 bits per heavy atom. The van der Waals surface area contributed by atoms with Gasteiger partial charge in [0.1, 0.15) is 0 Å². The highest BCUT2D eigenvalue weighted by molar-refractivity contribution is 7.79. The van der Waals surface area contributed by atoms with Crippen LogP contribution in [0.2, 0.25) is 0 Å². The Morgan fingerprint density at radius 3 is 0.778 bits per heavy atom. The van der Waals surface area contributed by atoms with Crippen LogP contribution in [0.5, 0.6) is 0 Å². The van der Waals surface area contributed by atoms with Crippen molar-refractivity contribution in [1.29, 1.82) is 0 Å². The molecule has 0 amide bonds. The first-order valence-electron chi connectivity index (χ1n) is 1.68. The van der Waals surface area contributed by atoms with E-state index in [1.54, 1.807) is 0 Å². The number of rotatable bonds is 0. The smallest absolute Gasteiger partial charge is 0.0814 e. The average molecular weight is 347 g/mol. The van der Waals surface area contributed by atoms with Crippen molar-refractivity contribution in [3.8, 4) is 0 Å².